The highest BCUT2D eigenvalue weighted by Crippen LogP contribution is 2.19. The van der Waals surface area contributed by atoms with Crippen molar-refractivity contribution in [2.24, 2.45) is 0 Å². The Morgan fingerprint density at radius 2 is 2.19 bits per heavy atom. The molecular weight excluding hydrogens is 264 g/mol. The van der Waals surface area contributed by atoms with E-state index in [-0.39, 0.29) is 0 Å². The molecular formula is C15H22N6. The van der Waals surface area contributed by atoms with Gasteiger partial charge in [0.2, 0.25) is 5.95 Å². The number of H-pyrrole nitrogens is 1. The lowest BCUT2D eigenvalue weighted by atomic mass is 10.2. The molecule has 0 aliphatic carbocycles. The van der Waals surface area contributed by atoms with Gasteiger partial charge in [-0.3, -0.25) is 5.10 Å². The molecule has 0 unspecified atom stereocenters. The maximum Gasteiger partial charge on any atom is 0.223 e. The normalized spacial score (nSPS) is 15.5. The van der Waals surface area contributed by atoms with Gasteiger partial charge in [-0.2, -0.15) is 5.10 Å². The molecule has 2 aromatic rings. The molecule has 0 bridgehead atoms. The summed E-state index contributed by atoms with van der Waals surface area (Å²) in [4.78, 5) is 11.4. The molecule has 0 aromatic carbocycles. The molecule has 3 heterocycles. The van der Waals surface area contributed by atoms with Gasteiger partial charge in [-0.1, -0.05) is 0 Å². The van der Waals surface area contributed by atoms with Crippen molar-refractivity contribution in [2.45, 2.75) is 26.2 Å². The number of aromatic nitrogens is 4. The second-order valence-electron chi connectivity index (χ2n) is 5.50. The van der Waals surface area contributed by atoms with Crippen LogP contribution >= 0.6 is 0 Å². The zero-order chi connectivity index (χ0) is 14.5. The van der Waals surface area contributed by atoms with Gasteiger partial charge >= 0.3 is 0 Å². The van der Waals surface area contributed by atoms with Crippen molar-refractivity contribution < 1.29 is 0 Å². The molecule has 3 rings (SSSR count). The maximum atomic E-state index is 4.55. The van der Waals surface area contributed by atoms with Crippen molar-refractivity contribution in [1.29, 1.82) is 0 Å². The minimum Gasteiger partial charge on any atom is -0.354 e. The Labute approximate surface area is 125 Å². The van der Waals surface area contributed by atoms with Crippen LogP contribution in [0.4, 0.5) is 5.95 Å². The lowest BCUT2D eigenvalue weighted by Crippen LogP contribution is -2.22. The maximum absolute atomic E-state index is 4.55. The highest BCUT2D eigenvalue weighted by atomic mass is 15.1. The highest BCUT2D eigenvalue weighted by molar-refractivity contribution is 5.61. The summed E-state index contributed by atoms with van der Waals surface area (Å²) in [5, 5.41) is 10.3. The largest absolute Gasteiger partial charge is 0.354 e. The third-order valence-corrected chi connectivity index (χ3v) is 3.89. The summed E-state index contributed by atoms with van der Waals surface area (Å²) in [6.07, 6.45) is 7.41. The lowest BCUT2D eigenvalue weighted by molar-refractivity contribution is 0.337. The van der Waals surface area contributed by atoms with Gasteiger partial charge in [0.1, 0.15) is 0 Å². The summed E-state index contributed by atoms with van der Waals surface area (Å²) >= 11 is 0. The number of anilines is 1. The van der Waals surface area contributed by atoms with Crippen LogP contribution in [0.25, 0.3) is 11.3 Å². The second-order valence-corrected chi connectivity index (χ2v) is 5.50. The Morgan fingerprint density at radius 3 is 2.95 bits per heavy atom. The van der Waals surface area contributed by atoms with E-state index >= 15 is 0 Å². The Kier molecular flexibility index (Phi) is 4.45. The molecule has 0 radical (unpaired) electrons. The Balaban J connectivity index is 1.52. The summed E-state index contributed by atoms with van der Waals surface area (Å²) in [7, 11) is 0. The Bertz CT molecular complexity index is 573. The third-order valence-electron chi connectivity index (χ3n) is 3.89. The van der Waals surface area contributed by atoms with Crippen molar-refractivity contribution in [3.8, 4) is 11.3 Å². The van der Waals surface area contributed by atoms with Gasteiger partial charge in [-0.15, -0.1) is 0 Å². The number of nitrogens with zero attached hydrogens (tertiary/aromatic N) is 4. The van der Waals surface area contributed by atoms with Crippen LogP contribution in [-0.4, -0.2) is 51.2 Å². The molecule has 21 heavy (non-hydrogen) atoms. The van der Waals surface area contributed by atoms with Crippen LogP contribution in [0.15, 0.2) is 18.5 Å². The van der Waals surface area contributed by atoms with E-state index in [4.69, 9.17) is 0 Å². The molecule has 1 saturated heterocycles. The van der Waals surface area contributed by atoms with Crippen molar-refractivity contribution in [3.05, 3.63) is 24.2 Å². The second kappa shape index (κ2) is 6.67. The number of hydrogen-bond acceptors (Lipinski definition) is 5. The molecule has 0 saturated carbocycles. The monoisotopic (exact) mass is 286 g/mol. The molecule has 1 fully saturated rings. The van der Waals surface area contributed by atoms with E-state index in [1.807, 2.05) is 13.0 Å². The predicted octanol–water partition coefficient (Wildman–Crippen LogP) is 2.07. The lowest BCUT2D eigenvalue weighted by Gasteiger charge is -2.14. The van der Waals surface area contributed by atoms with Crippen LogP contribution < -0.4 is 5.32 Å². The van der Waals surface area contributed by atoms with Gasteiger partial charge in [0.05, 0.1) is 11.9 Å². The topological polar surface area (TPSA) is 69.7 Å². The van der Waals surface area contributed by atoms with Crippen LogP contribution in [0.1, 0.15) is 25.0 Å². The molecule has 2 N–H and O–H groups in total. The Hall–Kier alpha value is -1.95. The first-order chi connectivity index (χ1) is 10.3. The fourth-order valence-electron chi connectivity index (χ4n) is 2.71. The van der Waals surface area contributed by atoms with E-state index in [0.717, 1.165) is 36.5 Å². The standard InChI is InChI=1S/C15H22N6/c1-12-13(11-18-20-12)14-5-7-17-15(19-14)16-6-4-10-21-8-2-3-9-21/h5,7,11H,2-4,6,8-10H2,1H3,(H,18,20)(H,16,17,19). The SMILES string of the molecule is Cc1[nH]ncc1-c1ccnc(NCCCN2CCCC2)n1. The van der Waals surface area contributed by atoms with Crippen LogP contribution in [-0.2, 0) is 0 Å². The average Bonchev–Trinajstić information content (AvgIpc) is 3.15. The first-order valence-electron chi connectivity index (χ1n) is 7.62. The summed E-state index contributed by atoms with van der Waals surface area (Å²) in [5.41, 5.74) is 2.95. The molecule has 6 nitrogen and oxygen atoms in total. The van der Waals surface area contributed by atoms with Gasteiger partial charge in [-0.05, 0) is 51.9 Å². The zero-order valence-electron chi connectivity index (χ0n) is 12.5. The third kappa shape index (κ3) is 3.58. The van der Waals surface area contributed by atoms with Crippen molar-refractivity contribution in [2.75, 3.05) is 31.5 Å². The smallest absolute Gasteiger partial charge is 0.223 e. The zero-order valence-corrected chi connectivity index (χ0v) is 12.5. The molecule has 6 heteroatoms. The van der Waals surface area contributed by atoms with Crippen molar-refractivity contribution >= 4 is 5.95 Å². The molecule has 0 spiro atoms. The van der Waals surface area contributed by atoms with Crippen LogP contribution in [0, 0.1) is 6.92 Å². The van der Waals surface area contributed by atoms with E-state index in [1.54, 1.807) is 12.4 Å². The van der Waals surface area contributed by atoms with E-state index in [2.05, 4.69) is 30.4 Å². The van der Waals surface area contributed by atoms with Gasteiger partial charge < -0.3 is 10.2 Å². The fourth-order valence-corrected chi connectivity index (χ4v) is 2.71. The minimum absolute atomic E-state index is 0.689. The molecule has 1 aliphatic heterocycles. The first-order valence-corrected chi connectivity index (χ1v) is 7.62. The first kappa shape index (κ1) is 14.0. The number of nitrogens with one attached hydrogen (secondary N) is 2. The summed E-state index contributed by atoms with van der Waals surface area (Å²) in [6, 6.07) is 1.91. The number of aromatic amines is 1. The fraction of sp³-hybridized carbons (Fsp3) is 0.533. The van der Waals surface area contributed by atoms with Gasteiger partial charge in [0.15, 0.2) is 0 Å². The van der Waals surface area contributed by atoms with E-state index in [9.17, 15) is 0 Å². The molecule has 0 amide bonds. The minimum atomic E-state index is 0.689. The molecule has 2 aromatic heterocycles. The summed E-state index contributed by atoms with van der Waals surface area (Å²) in [5.74, 6) is 0.689. The van der Waals surface area contributed by atoms with Crippen LogP contribution in [0.3, 0.4) is 0 Å². The quantitative estimate of drug-likeness (QED) is 0.796. The molecule has 0 atom stereocenters. The number of aryl methyl sites for hydroxylation is 1. The van der Waals surface area contributed by atoms with E-state index in [1.165, 1.54) is 25.9 Å². The number of hydrogen-bond donors (Lipinski definition) is 2. The number of rotatable bonds is 6. The number of likely N-dealkylation sites (tertiary alicyclic amines) is 1. The molecule has 1 aliphatic rings. The van der Waals surface area contributed by atoms with E-state index in [0.29, 0.717) is 5.95 Å². The van der Waals surface area contributed by atoms with Crippen molar-refractivity contribution in [1.82, 2.24) is 25.1 Å². The van der Waals surface area contributed by atoms with Gasteiger partial charge in [0, 0.05) is 24.0 Å². The van der Waals surface area contributed by atoms with Gasteiger partial charge in [0.25, 0.3) is 0 Å². The van der Waals surface area contributed by atoms with Gasteiger partial charge in [-0.25, -0.2) is 9.97 Å². The van der Waals surface area contributed by atoms with Crippen molar-refractivity contribution in [3.63, 3.8) is 0 Å². The van der Waals surface area contributed by atoms with Crippen LogP contribution in [0.2, 0.25) is 0 Å². The Morgan fingerprint density at radius 1 is 1.33 bits per heavy atom. The average molecular weight is 286 g/mol. The van der Waals surface area contributed by atoms with Crippen LogP contribution in [0.5, 0.6) is 0 Å². The van der Waals surface area contributed by atoms with E-state index < -0.39 is 0 Å². The summed E-state index contributed by atoms with van der Waals surface area (Å²) in [6.45, 7) is 6.57. The summed E-state index contributed by atoms with van der Waals surface area (Å²) < 4.78 is 0. The highest BCUT2D eigenvalue weighted by Gasteiger charge is 2.10. The molecule has 112 valence electrons. The predicted molar refractivity (Wildman–Crippen MR) is 83.1 cm³/mol.